The summed E-state index contributed by atoms with van der Waals surface area (Å²) in [5, 5.41) is 0. The summed E-state index contributed by atoms with van der Waals surface area (Å²) in [5.41, 5.74) is 0.681. The number of hydrogen-bond donors (Lipinski definition) is 0. The van der Waals surface area contributed by atoms with E-state index in [0.717, 1.165) is 6.92 Å². The summed E-state index contributed by atoms with van der Waals surface area (Å²) < 4.78 is 24.8. The number of hydrogen-bond acceptors (Lipinski definition) is 0. The van der Waals surface area contributed by atoms with Gasteiger partial charge in [-0.2, -0.15) is 0 Å². The first-order chi connectivity index (χ1) is 5.08. The third-order valence-electron chi connectivity index (χ3n) is 1.36. The fourth-order valence-corrected chi connectivity index (χ4v) is 0.954. The highest BCUT2D eigenvalue weighted by Gasteiger charge is 2.20. The average molecular weight is 156 g/mol. The molecule has 0 atom stereocenters. The van der Waals surface area contributed by atoms with Gasteiger partial charge in [0, 0.05) is 6.42 Å². The van der Waals surface area contributed by atoms with E-state index in [2.05, 4.69) is 0 Å². The molecule has 0 aliphatic carbocycles. The van der Waals surface area contributed by atoms with Crippen LogP contribution in [0.4, 0.5) is 8.78 Å². The van der Waals surface area contributed by atoms with Crippen LogP contribution in [-0.4, -0.2) is 5.92 Å². The van der Waals surface area contributed by atoms with E-state index in [0.29, 0.717) is 5.56 Å². The van der Waals surface area contributed by atoms with Gasteiger partial charge in [0.15, 0.2) is 0 Å². The lowest BCUT2D eigenvalue weighted by Crippen LogP contribution is -2.13. The summed E-state index contributed by atoms with van der Waals surface area (Å²) >= 11 is 0. The molecular formula is C9H10F2. The molecule has 60 valence electrons. The van der Waals surface area contributed by atoms with Crippen LogP contribution in [-0.2, 0) is 6.42 Å². The van der Waals surface area contributed by atoms with Gasteiger partial charge in [0.1, 0.15) is 0 Å². The van der Waals surface area contributed by atoms with Gasteiger partial charge >= 0.3 is 0 Å². The first-order valence-electron chi connectivity index (χ1n) is 3.50. The minimum atomic E-state index is -2.60. The maximum Gasteiger partial charge on any atom is 0.249 e. The molecule has 1 aromatic carbocycles. The summed E-state index contributed by atoms with van der Waals surface area (Å²) in [6.07, 6.45) is -0.173. The lowest BCUT2D eigenvalue weighted by molar-refractivity contribution is 0.0226. The van der Waals surface area contributed by atoms with E-state index in [4.69, 9.17) is 0 Å². The van der Waals surface area contributed by atoms with Gasteiger partial charge in [0.25, 0.3) is 0 Å². The molecule has 1 aromatic rings. The zero-order valence-electron chi connectivity index (χ0n) is 6.35. The van der Waals surface area contributed by atoms with E-state index < -0.39 is 5.92 Å². The first-order valence-corrected chi connectivity index (χ1v) is 3.50. The van der Waals surface area contributed by atoms with Crippen LogP contribution in [0.25, 0.3) is 0 Å². The normalized spacial score (nSPS) is 11.5. The van der Waals surface area contributed by atoms with Crippen LogP contribution < -0.4 is 0 Å². The summed E-state index contributed by atoms with van der Waals surface area (Å²) in [4.78, 5) is 0. The molecule has 0 aliphatic rings. The molecule has 0 amide bonds. The van der Waals surface area contributed by atoms with Crippen LogP contribution in [0.2, 0.25) is 0 Å². The van der Waals surface area contributed by atoms with Crippen molar-refractivity contribution in [3.8, 4) is 0 Å². The zero-order valence-corrected chi connectivity index (χ0v) is 6.35. The monoisotopic (exact) mass is 156 g/mol. The zero-order chi connectivity index (χ0) is 8.32. The maximum absolute atomic E-state index is 12.4. The Morgan fingerprint density at radius 3 is 2.18 bits per heavy atom. The van der Waals surface area contributed by atoms with Crippen molar-refractivity contribution in [3.63, 3.8) is 0 Å². The molecule has 11 heavy (non-hydrogen) atoms. The van der Waals surface area contributed by atoms with Crippen LogP contribution in [0, 0.1) is 0 Å². The molecule has 0 saturated heterocycles. The third-order valence-corrected chi connectivity index (χ3v) is 1.36. The van der Waals surface area contributed by atoms with Crippen molar-refractivity contribution in [1.82, 2.24) is 0 Å². The Morgan fingerprint density at radius 2 is 1.73 bits per heavy atom. The highest BCUT2D eigenvalue weighted by molar-refractivity contribution is 5.15. The van der Waals surface area contributed by atoms with Crippen molar-refractivity contribution in [2.24, 2.45) is 0 Å². The number of benzene rings is 1. The van der Waals surface area contributed by atoms with Crippen molar-refractivity contribution in [2.75, 3.05) is 0 Å². The van der Waals surface area contributed by atoms with Gasteiger partial charge in [0.05, 0.1) is 0 Å². The SMILES string of the molecule is CC(F)(F)Cc1ccccc1. The molecule has 0 radical (unpaired) electrons. The van der Waals surface area contributed by atoms with Crippen molar-refractivity contribution in [1.29, 1.82) is 0 Å². The molecule has 0 fully saturated rings. The lowest BCUT2D eigenvalue weighted by Gasteiger charge is -2.08. The molecule has 0 aromatic heterocycles. The fourth-order valence-electron chi connectivity index (χ4n) is 0.954. The van der Waals surface area contributed by atoms with Crippen molar-refractivity contribution in [3.05, 3.63) is 35.9 Å². The molecule has 0 saturated carbocycles. The van der Waals surface area contributed by atoms with Crippen molar-refractivity contribution >= 4 is 0 Å². The summed E-state index contributed by atoms with van der Waals surface area (Å²) in [7, 11) is 0. The van der Waals surface area contributed by atoms with Gasteiger partial charge in [-0.15, -0.1) is 0 Å². The van der Waals surface area contributed by atoms with E-state index in [1.165, 1.54) is 0 Å². The Morgan fingerprint density at radius 1 is 1.18 bits per heavy atom. The molecule has 0 unspecified atom stereocenters. The lowest BCUT2D eigenvalue weighted by atomic mass is 10.1. The van der Waals surface area contributed by atoms with Gasteiger partial charge in [0.2, 0.25) is 5.92 Å². The average Bonchev–Trinajstić information content (AvgIpc) is 1.85. The second-order valence-corrected chi connectivity index (χ2v) is 2.73. The van der Waals surface area contributed by atoms with Gasteiger partial charge in [-0.25, -0.2) is 8.78 Å². The van der Waals surface area contributed by atoms with E-state index in [-0.39, 0.29) is 6.42 Å². The van der Waals surface area contributed by atoms with Crippen LogP contribution in [0.5, 0.6) is 0 Å². The molecule has 1 rings (SSSR count). The van der Waals surface area contributed by atoms with Crippen LogP contribution in [0.15, 0.2) is 30.3 Å². The minimum Gasteiger partial charge on any atom is -0.207 e. The minimum absolute atomic E-state index is 0.173. The smallest absolute Gasteiger partial charge is 0.207 e. The number of rotatable bonds is 2. The molecule has 0 bridgehead atoms. The summed E-state index contributed by atoms with van der Waals surface area (Å²) in [5.74, 6) is -2.60. The molecule has 0 nitrogen and oxygen atoms in total. The fraction of sp³-hybridized carbons (Fsp3) is 0.333. The van der Waals surface area contributed by atoms with E-state index in [1.807, 2.05) is 6.07 Å². The van der Waals surface area contributed by atoms with Gasteiger partial charge in [-0.3, -0.25) is 0 Å². The molecule has 0 aliphatic heterocycles. The Hall–Kier alpha value is -0.920. The highest BCUT2D eigenvalue weighted by Crippen LogP contribution is 2.18. The number of halogens is 2. The van der Waals surface area contributed by atoms with Crippen molar-refractivity contribution in [2.45, 2.75) is 19.3 Å². The quantitative estimate of drug-likeness (QED) is 0.617. The third kappa shape index (κ3) is 3.12. The molecule has 0 N–H and O–H groups in total. The largest absolute Gasteiger partial charge is 0.249 e. The van der Waals surface area contributed by atoms with Crippen LogP contribution in [0.3, 0.4) is 0 Å². The topological polar surface area (TPSA) is 0 Å². The maximum atomic E-state index is 12.4. The van der Waals surface area contributed by atoms with Gasteiger partial charge < -0.3 is 0 Å². The Labute approximate surface area is 64.9 Å². The summed E-state index contributed by atoms with van der Waals surface area (Å²) in [6.45, 7) is 0.931. The Bertz CT molecular complexity index is 211. The first kappa shape index (κ1) is 8.18. The second-order valence-electron chi connectivity index (χ2n) is 2.73. The van der Waals surface area contributed by atoms with Crippen LogP contribution >= 0.6 is 0 Å². The second kappa shape index (κ2) is 2.99. The van der Waals surface area contributed by atoms with Crippen molar-refractivity contribution < 1.29 is 8.78 Å². The molecular weight excluding hydrogens is 146 g/mol. The van der Waals surface area contributed by atoms with E-state index in [1.54, 1.807) is 24.3 Å². The molecule has 0 heterocycles. The molecule has 0 spiro atoms. The van der Waals surface area contributed by atoms with E-state index in [9.17, 15) is 8.78 Å². The Balaban J connectivity index is 2.66. The standard InChI is InChI=1S/C9H10F2/c1-9(10,11)7-8-5-3-2-4-6-8/h2-6H,7H2,1H3. The van der Waals surface area contributed by atoms with Crippen LogP contribution in [0.1, 0.15) is 12.5 Å². The highest BCUT2D eigenvalue weighted by atomic mass is 19.3. The Kier molecular flexibility index (Phi) is 2.22. The van der Waals surface area contributed by atoms with Gasteiger partial charge in [-0.05, 0) is 12.5 Å². The van der Waals surface area contributed by atoms with Gasteiger partial charge in [-0.1, -0.05) is 30.3 Å². The predicted molar refractivity (Wildman–Crippen MR) is 40.8 cm³/mol. The predicted octanol–water partition coefficient (Wildman–Crippen LogP) is 2.88. The van der Waals surface area contributed by atoms with E-state index >= 15 is 0 Å². The number of alkyl halides is 2. The summed E-state index contributed by atoms with van der Waals surface area (Å²) in [6, 6.07) is 8.76. The molecule has 2 heteroatoms.